The molecule has 1 aromatic rings. The smallest absolute Gasteiger partial charge is 0.344 e. The van der Waals surface area contributed by atoms with Crippen LogP contribution in [0.15, 0.2) is 42.5 Å². The van der Waals surface area contributed by atoms with Crippen LogP contribution in [0.1, 0.15) is 72.8 Å². The predicted molar refractivity (Wildman–Crippen MR) is 171 cm³/mol. The standard InChI is InChI=1S/C35H48O14/c1-7-19(2)17-20(3)13-14-25(37)47-28-27(38)33(48-29(30(39)40)34(45,31(41)42)35(28,49-33)32(43)44)16-15-21(4)26(46-23(6)36)22(5)18-24-11-9-8-10-12-24/h8-14,19-22,26-29,38,45H,7,15-18H2,1-6H3,(H,39,40)(H,41,42)(H,43,44)/b14-13+/t19-,20+,21-,22+,26+,27+,28+,29?,33?,34?,35?/m0/s1. The van der Waals surface area contributed by atoms with Crippen molar-refractivity contribution in [3.8, 4) is 0 Å². The molecule has 2 aliphatic rings. The Morgan fingerprint density at radius 1 is 0.980 bits per heavy atom. The van der Waals surface area contributed by atoms with Gasteiger partial charge < -0.3 is 44.5 Å². The molecule has 272 valence electrons. The summed E-state index contributed by atoms with van der Waals surface area (Å²) in [5.74, 6) is -11.5. The van der Waals surface area contributed by atoms with Crippen molar-refractivity contribution in [2.45, 2.75) is 115 Å². The molecule has 2 bridgehead atoms. The third-order valence-corrected chi connectivity index (χ3v) is 9.65. The van der Waals surface area contributed by atoms with Gasteiger partial charge in [0.25, 0.3) is 0 Å². The van der Waals surface area contributed by atoms with Crippen LogP contribution in [0.5, 0.6) is 0 Å². The van der Waals surface area contributed by atoms with E-state index in [-0.39, 0.29) is 18.3 Å². The number of ether oxygens (including phenoxy) is 4. The fourth-order valence-electron chi connectivity index (χ4n) is 6.91. The average Bonchev–Trinajstić information content (AvgIpc) is 3.25. The number of carboxylic acid groups (broad SMARTS) is 3. The highest BCUT2D eigenvalue weighted by atomic mass is 16.8. The van der Waals surface area contributed by atoms with Crippen LogP contribution in [-0.2, 0) is 49.3 Å². The number of hydrogen-bond donors (Lipinski definition) is 5. The number of fused-ring (bicyclic) bond motifs is 2. The molecule has 2 fully saturated rings. The second-order valence-corrected chi connectivity index (χ2v) is 13.5. The highest BCUT2D eigenvalue weighted by Gasteiger charge is 2.85. The van der Waals surface area contributed by atoms with Gasteiger partial charge in [-0.15, -0.1) is 0 Å². The van der Waals surface area contributed by atoms with Gasteiger partial charge in [0.2, 0.25) is 23.1 Å². The van der Waals surface area contributed by atoms with Crippen LogP contribution in [0.3, 0.4) is 0 Å². The summed E-state index contributed by atoms with van der Waals surface area (Å²) in [6.45, 7) is 10.7. The fraction of sp³-hybridized carbons (Fsp3) is 0.629. The summed E-state index contributed by atoms with van der Waals surface area (Å²) in [6.07, 6.45) is -4.14. The minimum Gasteiger partial charge on any atom is -0.479 e. The normalized spacial score (nSPS) is 30.9. The quantitative estimate of drug-likeness (QED) is 0.117. The van der Waals surface area contributed by atoms with Gasteiger partial charge in [0, 0.05) is 19.4 Å². The molecular weight excluding hydrogens is 644 g/mol. The SMILES string of the molecule is CC[C@H](C)C[C@H](C)/C=C/C(=O)O[C@@H]1[C@@H](O)C2(CC[C@H](C)[C@@H](OC(C)=O)[C@H](C)Cc3ccccc3)OC(C(=O)O)C(O)(C(=O)O)C1(C(=O)O)O2. The molecule has 3 rings (SSSR count). The largest absolute Gasteiger partial charge is 0.479 e. The Labute approximate surface area is 285 Å². The molecule has 1 aromatic carbocycles. The molecular formula is C35H48O14. The van der Waals surface area contributed by atoms with E-state index in [1.807, 2.05) is 58.0 Å². The van der Waals surface area contributed by atoms with E-state index in [9.17, 15) is 49.5 Å². The zero-order valence-corrected chi connectivity index (χ0v) is 28.6. The molecule has 0 radical (unpaired) electrons. The van der Waals surface area contributed by atoms with Crippen molar-refractivity contribution >= 4 is 29.8 Å². The Hall–Kier alpha value is -3.85. The van der Waals surface area contributed by atoms with E-state index in [0.717, 1.165) is 18.1 Å². The summed E-state index contributed by atoms with van der Waals surface area (Å²) in [7, 11) is 0. The molecule has 0 aromatic heterocycles. The second kappa shape index (κ2) is 15.8. The van der Waals surface area contributed by atoms with Gasteiger partial charge in [0.05, 0.1) is 0 Å². The number of aliphatic hydroxyl groups excluding tert-OH is 1. The van der Waals surface area contributed by atoms with Crippen LogP contribution in [0.4, 0.5) is 0 Å². The van der Waals surface area contributed by atoms with E-state index in [0.29, 0.717) is 18.8 Å². The molecule has 11 atom stereocenters. The van der Waals surface area contributed by atoms with Gasteiger partial charge >= 0.3 is 29.8 Å². The Morgan fingerprint density at radius 2 is 1.61 bits per heavy atom. The van der Waals surface area contributed by atoms with Crippen molar-refractivity contribution in [1.82, 2.24) is 0 Å². The first-order valence-corrected chi connectivity index (χ1v) is 16.4. The molecule has 2 aliphatic heterocycles. The van der Waals surface area contributed by atoms with Gasteiger partial charge in [-0.1, -0.05) is 77.4 Å². The zero-order chi connectivity index (χ0) is 36.9. The van der Waals surface area contributed by atoms with E-state index in [4.69, 9.17) is 18.9 Å². The van der Waals surface area contributed by atoms with E-state index in [1.165, 1.54) is 13.0 Å². The molecule has 0 amide bonds. The van der Waals surface area contributed by atoms with Crippen LogP contribution < -0.4 is 0 Å². The maximum Gasteiger partial charge on any atom is 0.344 e. The molecule has 4 unspecified atom stereocenters. The first kappa shape index (κ1) is 39.6. The van der Waals surface area contributed by atoms with Crippen LogP contribution in [-0.4, -0.2) is 96.8 Å². The first-order valence-electron chi connectivity index (χ1n) is 16.4. The average molecular weight is 693 g/mol. The lowest BCUT2D eigenvalue weighted by atomic mass is 9.74. The van der Waals surface area contributed by atoms with Crippen LogP contribution in [0, 0.1) is 23.7 Å². The van der Waals surface area contributed by atoms with Crippen molar-refractivity contribution in [2.75, 3.05) is 0 Å². The third kappa shape index (κ3) is 7.98. The summed E-state index contributed by atoms with van der Waals surface area (Å²) in [4.78, 5) is 63.1. The molecule has 5 N–H and O–H groups in total. The molecule has 49 heavy (non-hydrogen) atoms. The fourth-order valence-corrected chi connectivity index (χ4v) is 6.91. The van der Waals surface area contributed by atoms with Crippen LogP contribution in [0.2, 0.25) is 0 Å². The van der Waals surface area contributed by atoms with E-state index in [1.54, 1.807) is 6.92 Å². The highest BCUT2D eigenvalue weighted by Crippen LogP contribution is 2.56. The molecule has 0 saturated carbocycles. The van der Waals surface area contributed by atoms with Gasteiger partial charge in [0.1, 0.15) is 12.2 Å². The summed E-state index contributed by atoms with van der Waals surface area (Å²) in [6, 6.07) is 9.41. The monoisotopic (exact) mass is 692 g/mol. The lowest BCUT2D eigenvalue weighted by Crippen LogP contribution is -2.78. The van der Waals surface area contributed by atoms with Crippen molar-refractivity contribution in [2.24, 2.45) is 23.7 Å². The summed E-state index contributed by atoms with van der Waals surface area (Å²) in [5.41, 5.74) is -6.43. The number of carboxylic acids is 3. The number of rotatable bonds is 17. The topological polar surface area (TPSA) is 223 Å². The third-order valence-electron chi connectivity index (χ3n) is 9.65. The number of esters is 2. The van der Waals surface area contributed by atoms with Crippen LogP contribution >= 0.6 is 0 Å². The second-order valence-electron chi connectivity index (χ2n) is 13.5. The molecule has 0 aliphatic carbocycles. The number of benzene rings is 1. The summed E-state index contributed by atoms with van der Waals surface area (Å²) < 4.78 is 22.2. The Morgan fingerprint density at radius 3 is 2.14 bits per heavy atom. The maximum absolute atomic E-state index is 13.0. The van der Waals surface area contributed by atoms with Crippen molar-refractivity contribution in [1.29, 1.82) is 0 Å². The predicted octanol–water partition coefficient (Wildman–Crippen LogP) is 2.96. The number of carbonyl (C=O) groups is 5. The number of hydrogen-bond acceptors (Lipinski definition) is 11. The van der Waals surface area contributed by atoms with E-state index >= 15 is 0 Å². The lowest BCUT2D eigenvalue weighted by Gasteiger charge is -2.48. The van der Waals surface area contributed by atoms with Gasteiger partial charge in [-0.3, -0.25) is 4.79 Å². The molecule has 2 heterocycles. The lowest BCUT2D eigenvalue weighted by molar-refractivity contribution is -0.374. The molecule has 0 spiro atoms. The first-order chi connectivity index (χ1) is 22.9. The number of aliphatic hydroxyl groups is 2. The van der Waals surface area contributed by atoms with Crippen molar-refractivity contribution in [3.05, 3.63) is 48.0 Å². The number of carbonyl (C=O) groups excluding carboxylic acids is 2. The molecule has 2 saturated heterocycles. The van der Waals surface area contributed by atoms with Gasteiger partial charge in [0.15, 0.2) is 6.10 Å². The molecule has 14 heteroatoms. The number of aliphatic carboxylic acids is 3. The van der Waals surface area contributed by atoms with Gasteiger partial charge in [-0.2, -0.15) is 0 Å². The minimum atomic E-state index is -3.87. The van der Waals surface area contributed by atoms with E-state index in [2.05, 4.69) is 0 Å². The van der Waals surface area contributed by atoms with Gasteiger partial charge in [-0.25, -0.2) is 19.2 Å². The summed E-state index contributed by atoms with van der Waals surface area (Å²) >= 11 is 0. The summed E-state index contributed by atoms with van der Waals surface area (Å²) in [5, 5.41) is 53.6. The Kier molecular flexibility index (Phi) is 12.8. The zero-order valence-electron chi connectivity index (χ0n) is 28.6. The minimum absolute atomic E-state index is 0.0463. The Balaban J connectivity index is 2.01. The van der Waals surface area contributed by atoms with Crippen LogP contribution in [0.25, 0.3) is 0 Å². The van der Waals surface area contributed by atoms with Crippen molar-refractivity contribution < 1.29 is 68.5 Å². The number of allylic oxidation sites excluding steroid dienone is 1. The van der Waals surface area contributed by atoms with Crippen molar-refractivity contribution in [3.63, 3.8) is 0 Å². The van der Waals surface area contributed by atoms with E-state index < -0.39 is 83.6 Å². The maximum atomic E-state index is 13.0. The highest BCUT2D eigenvalue weighted by molar-refractivity contribution is 5.98. The molecule has 14 nitrogen and oxygen atoms in total. The van der Waals surface area contributed by atoms with Gasteiger partial charge in [-0.05, 0) is 48.5 Å². The Bertz CT molecular complexity index is 1400.